The molecule has 19 heavy (non-hydrogen) atoms. The molecule has 1 aromatic carbocycles. The smallest absolute Gasteiger partial charge is 0.119 e. The second-order valence-corrected chi connectivity index (χ2v) is 6.10. The van der Waals surface area contributed by atoms with Crippen LogP contribution in [0.15, 0.2) is 24.3 Å². The van der Waals surface area contributed by atoms with Gasteiger partial charge in [0.15, 0.2) is 0 Å². The van der Waals surface area contributed by atoms with Crippen LogP contribution in [0.25, 0.3) is 0 Å². The van der Waals surface area contributed by atoms with Crippen molar-refractivity contribution in [1.29, 1.82) is 0 Å². The van der Waals surface area contributed by atoms with Gasteiger partial charge in [0.25, 0.3) is 0 Å². The van der Waals surface area contributed by atoms with Crippen molar-refractivity contribution in [3.05, 3.63) is 29.8 Å². The third kappa shape index (κ3) is 7.48. The highest BCUT2D eigenvalue weighted by atomic mass is 32.2. The molecule has 0 fully saturated rings. The van der Waals surface area contributed by atoms with Gasteiger partial charge in [-0.15, -0.1) is 0 Å². The molecule has 0 saturated heterocycles. The lowest BCUT2D eigenvalue weighted by Gasteiger charge is -2.12. The molecule has 1 rings (SSSR count). The van der Waals surface area contributed by atoms with Crippen molar-refractivity contribution >= 4 is 11.8 Å². The summed E-state index contributed by atoms with van der Waals surface area (Å²) in [6, 6.07) is 9.04. The lowest BCUT2D eigenvalue weighted by atomic mass is 10.1. The first-order chi connectivity index (χ1) is 9.26. The first kappa shape index (κ1) is 16.4. The van der Waals surface area contributed by atoms with Crippen molar-refractivity contribution in [2.45, 2.75) is 39.7 Å². The number of rotatable bonds is 10. The number of thioether (sulfide) groups is 1. The Balaban J connectivity index is 2.27. The lowest BCUT2D eigenvalue weighted by molar-refractivity contribution is 0.318. The normalized spacial score (nSPS) is 12.4. The zero-order valence-corrected chi connectivity index (χ0v) is 13.3. The number of hydrogen-bond acceptors (Lipinski definition) is 3. The van der Waals surface area contributed by atoms with E-state index in [4.69, 9.17) is 4.74 Å². The first-order valence-corrected chi connectivity index (χ1v) is 8.44. The number of nitrogens with one attached hydrogen (secondary N) is 1. The van der Waals surface area contributed by atoms with Gasteiger partial charge in [0.1, 0.15) is 5.75 Å². The Kier molecular flexibility index (Phi) is 8.76. The predicted molar refractivity (Wildman–Crippen MR) is 86.4 cm³/mol. The Morgan fingerprint density at radius 2 is 1.95 bits per heavy atom. The molecule has 1 unspecified atom stereocenters. The van der Waals surface area contributed by atoms with Crippen LogP contribution < -0.4 is 10.1 Å². The minimum absolute atomic E-state index is 0.530. The number of likely N-dealkylation sites (N-methyl/N-ethyl adjacent to an activating group) is 1. The molecule has 0 aliphatic carbocycles. The second-order valence-electron chi connectivity index (χ2n) is 4.71. The van der Waals surface area contributed by atoms with Crippen molar-refractivity contribution in [1.82, 2.24) is 5.32 Å². The summed E-state index contributed by atoms with van der Waals surface area (Å²) in [5.41, 5.74) is 1.36. The highest BCUT2D eigenvalue weighted by molar-refractivity contribution is 7.99. The van der Waals surface area contributed by atoms with E-state index in [0.717, 1.165) is 31.7 Å². The number of benzene rings is 1. The van der Waals surface area contributed by atoms with E-state index in [9.17, 15) is 0 Å². The first-order valence-electron chi connectivity index (χ1n) is 7.29. The Morgan fingerprint density at radius 1 is 1.21 bits per heavy atom. The Bertz CT molecular complexity index is 326. The van der Waals surface area contributed by atoms with Gasteiger partial charge in [-0.1, -0.05) is 26.0 Å². The molecule has 2 nitrogen and oxygen atoms in total. The molecule has 0 amide bonds. The third-order valence-corrected chi connectivity index (χ3v) is 3.91. The van der Waals surface area contributed by atoms with Crippen molar-refractivity contribution in [2.75, 3.05) is 24.7 Å². The molecule has 1 N–H and O–H groups in total. The maximum Gasteiger partial charge on any atom is 0.119 e. The molecule has 0 saturated carbocycles. The molecular weight excluding hydrogens is 254 g/mol. The van der Waals surface area contributed by atoms with Gasteiger partial charge >= 0.3 is 0 Å². The van der Waals surface area contributed by atoms with E-state index < -0.39 is 0 Å². The van der Waals surface area contributed by atoms with E-state index in [1.54, 1.807) is 0 Å². The van der Waals surface area contributed by atoms with Crippen LogP contribution in [-0.2, 0) is 6.42 Å². The van der Waals surface area contributed by atoms with Crippen LogP contribution >= 0.6 is 11.8 Å². The van der Waals surface area contributed by atoms with E-state index in [0.29, 0.717) is 6.04 Å². The van der Waals surface area contributed by atoms with Crippen LogP contribution in [0.3, 0.4) is 0 Å². The van der Waals surface area contributed by atoms with Crippen LogP contribution in [0.5, 0.6) is 5.75 Å². The number of ether oxygens (including phenoxy) is 1. The van der Waals surface area contributed by atoms with Crippen LogP contribution in [0, 0.1) is 0 Å². The zero-order chi connectivity index (χ0) is 13.9. The van der Waals surface area contributed by atoms with E-state index in [1.807, 2.05) is 11.8 Å². The maximum absolute atomic E-state index is 5.73. The van der Waals surface area contributed by atoms with Crippen LogP contribution in [0.4, 0.5) is 0 Å². The quantitative estimate of drug-likeness (QED) is 0.660. The van der Waals surface area contributed by atoms with Gasteiger partial charge in [-0.25, -0.2) is 0 Å². The minimum atomic E-state index is 0.530. The van der Waals surface area contributed by atoms with E-state index in [2.05, 4.69) is 50.4 Å². The van der Waals surface area contributed by atoms with E-state index >= 15 is 0 Å². The molecular formula is C16H27NOS. The topological polar surface area (TPSA) is 21.3 Å². The van der Waals surface area contributed by atoms with Gasteiger partial charge in [0, 0.05) is 6.04 Å². The van der Waals surface area contributed by atoms with Crippen molar-refractivity contribution < 1.29 is 4.74 Å². The summed E-state index contributed by atoms with van der Waals surface area (Å²) in [6.45, 7) is 8.40. The summed E-state index contributed by atoms with van der Waals surface area (Å²) in [4.78, 5) is 0. The molecule has 0 radical (unpaired) electrons. The molecule has 0 bridgehead atoms. The van der Waals surface area contributed by atoms with Gasteiger partial charge in [-0.3, -0.25) is 0 Å². The summed E-state index contributed by atoms with van der Waals surface area (Å²) in [7, 11) is 0. The van der Waals surface area contributed by atoms with Crippen molar-refractivity contribution in [3.8, 4) is 5.75 Å². The fourth-order valence-electron chi connectivity index (χ4n) is 1.99. The monoisotopic (exact) mass is 281 g/mol. The lowest BCUT2D eigenvalue weighted by Crippen LogP contribution is -2.27. The van der Waals surface area contributed by atoms with Crippen LogP contribution in [-0.4, -0.2) is 30.7 Å². The highest BCUT2D eigenvalue weighted by Gasteiger charge is 2.02. The molecule has 0 aromatic heterocycles. The molecule has 1 atom stereocenters. The average Bonchev–Trinajstić information content (AvgIpc) is 2.41. The molecule has 1 aromatic rings. The Morgan fingerprint density at radius 3 is 2.58 bits per heavy atom. The molecule has 108 valence electrons. The van der Waals surface area contributed by atoms with Gasteiger partial charge in [-0.05, 0) is 55.5 Å². The third-order valence-electron chi connectivity index (χ3n) is 2.92. The largest absolute Gasteiger partial charge is 0.494 e. The van der Waals surface area contributed by atoms with Crippen LogP contribution in [0.2, 0.25) is 0 Å². The summed E-state index contributed by atoms with van der Waals surface area (Å²) < 4.78 is 5.73. The Hall–Kier alpha value is -0.670. The van der Waals surface area contributed by atoms with Gasteiger partial charge in [0.05, 0.1) is 6.61 Å². The maximum atomic E-state index is 5.73. The van der Waals surface area contributed by atoms with Gasteiger partial charge in [-0.2, -0.15) is 11.8 Å². The molecule has 0 aliphatic rings. The molecule has 0 heterocycles. The predicted octanol–water partition coefficient (Wildman–Crippen LogP) is 3.75. The zero-order valence-electron chi connectivity index (χ0n) is 12.4. The van der Waals surface area contributed by atoms with Gasteiger partial charge < -0.3 is 10.1 Å². The van der Waals surface area contributed by atoms with Crippen molar-refractivity contribution in [2.24, 2.45) is 0 Å². The number of hydrogen-bond donors (Lipinski definition) is 1. The van der Waals surface area contributed by atoms with Crippen molar-refractivity contribution in [3.63, 3.8) is 0 Å². The highest BCUT2D eigenvalue weighted by Crippen LogP contribution is 2.14. The summed E-state index contributed by atoms with van der Waals surface area (Å²) in [6.07, 6.45) is 2.19. The van der Waals surface area contributed by atoms with Crippen LogP contribution in [0.1, 0.15) is 32.8 Å². The SMILES string of the molecule is CCNC(C)Cc1ccc(OCCCSCC)cc1. The fraction of sp³-hybridized carbons (Fsp3) is 0.625. The standard InChI is InChI=1S/C16H27NOS/c1-4-17-14(3)13-15-7-9-16(10-8-15)18-11-6-12-19-5-2/h7-10,14,17H,4-6,11-13H2,1-3H3. The second kappa shape index (κ2) is 10.2. The Labute approximate surface area is 122 Å². The van der Waals surface area contributed by atoms with E-state index in [-0.39, 0.29) is 0 Å². The molecule has 3 heteroatoms. The summed E-state index contributed by atoms with van der Waals surface area (Å²) in [5.74, 6) is 3.37. The summed E-state index contributed by atoms with van der Waals surface area (Å²) >= 11 is 1.97. The van der Waals surface area contributed by atoms with Gasteiger partial charge in [0.2, 0.25) is 0 Å². The molecule has 0 spiro atoms. The molecule has 0 aliphatic heterocycles. The minimum Gasteiger partial charge on any atom is -0.494 e. The fourth-order valence-corrected chi connectivity index (χ4v) is 2.60. The summed E-state index contributed by atoms with van der Waals surface area (Å²) in [5, 5.41) is 3.43. The van der Waals surface area contributed by atoms with E-state index in [1.165, 1.54) is 17.1 Å². The average molecular weight is 281 g/mol.